The molecular formula is C21H40O4. The zero-order valence-corrected chi connectivity index (χ0v) is 17.0. The Labute approximate surface area is 155 Å². The molecule has 0 rings (SSSR count). The van der Waals surface area contributed by atoms with E-state index in [-0.39, 0.29) is 25.2 Å². The molecule has 0 aromatic heterocycles. The fraction of sp³-hybridized carbons (Fsp3) is 0.905. The summed E-state index contributed by atoms with van der Waals surface area (Å²) in [6.45, 7) is 8.20. The number of hydrogen-bond acceptors (Lipinski definition) is 4. The first-order chi connectivity index (χ1) is 11.9. The zero-order chi connectivity index (χ0) is 19.0. The van der Waals surface area contributed by atoms with Gasteiger partial charge in [-0.1, -0.05) is 71.6 Å². The van der Waals surface area contributed by atoms with Crippen molar-refractivity contribution >= 4 is 11.9 Å². The molecule has 0 unspecified atom stereocenters. The molecule has 0 aliphatic heterocycles. The summed E-state index contributed by atoms with van der Waals surface area (Å²) in [6, 6.07) is 0. The molecule has 0 atom stereocenters. The number of carbonyl (C=O) groups is 2. The number of rotatable bonds is 16. The van der Waals surface area contributed by atoms with Crippen LogP contribution >= 0.6 is 0 Å². The van der Waals surface area contributed by atoms with Crippen LogP contribution in [0.1, 0.15) is 105 Å². The normalized spacial score (nSPS) is 11.4. The molecule has 4 heteroatoms. The third-order valence-electron chi connectivity index (χ3n) is 4.75. The fourth-order valence-electron chi connectivity index (χ4n) is 2.46. The number of ether oxygens (including phenoxy) is 2. The Balaban J connectivity index is 3.41. The largest absolute Gasteiger partial charge is 0.462 e. The summed E-state index contributed by atoms with van der Waals surface area (Å²) in [6.07, 6.45) is 13.7. The standard InChI is InChI=1S/C21H40O4/c1-5-7-8-9-10-11-12-13-14-15-16-19(22)24-17-18-25-20(23)21(3,4)6-2/h5-18H2,1-4H3. The maximum Gasteiger partial charge on any atom is 0.311 e. The molecule has 0 bridgehead atoms. The van der Waals surface area contributed by atoms with Crippen LogP contribution < -0.4 is 0 Å². The molecule has 0 fully saturated rings. The Kier molecular flexibility index (Phi) is 14.6. The summed E-state index contributed by atoms with van der Waals surface area (Å²) < 4.78 is 10.2. The number of unbranched alkanes of at least 4 members (excludes halogenated alkanes) is 9. The third kappa shape index (κ3) is 13.9. The first kappa shape index (κ1) is 23.9. The quantitative estimate of drug-likeness (QED) is 0.258. The molecule has 0 aromatic carbocycles. The van der Waals surface area contributed by atoms with Crippen molar-refractivity contribution < 1.29 is 19.1 Å². The highest BCUT2D eigenvalue weighted by atomic mass is 16.6. The first-order valence-electron chi connectivity index (χ1n) is 10.3. The number of carbonyl (C=O) groups excluding carboxylic acids is 2. The van der Waals surface area contributed by atoms with Gasteiger partial charge in [-0.25, -0.2) is 0 Å². The van der Waals surface area contributed by atoms with E-state index in [9.17, 15) is 9.59 Å². The van der Waals surface area contributed by atoms with Crippen molar-refractivity contribution in [3.63, 3.8) is 0 Å². The lowest BCUT2D eigenvalue weighted by Crippen LogP contribution is -2.27. The van der Waals surface area contributed by atoms with Crippen molar-refractivity contribution in [2.75, 3.05) is 13.2 Å². The first-order valence-corrected chi connectivity index (χ1v) is 10.3. The van der Waals surface area contributed by atoms with Crippen LogP contribution in [0, 0.1) is 5.41 Å². The van der Waals surface area contributed by atoms with Gasteiger partial charge in [0.15, 0.2) is 0 Å². The molecule has 0 N–H and O–H groups in total. The summed E-state index contributed by atoms with van der Waals surface area (Å²) >= 11 is 0. The Morgan fingerprint density at radius 2 is 1.20 bits per heavy atom. The van der Waals surface area contributed by atoms with Crippen molar-refractivity contribution in [2.45, 2.75) is 105 Å². The van der Waals surface area contributed by atoms with Gasteiger partial charge >= 0.3 is 11.9 Å². The van der Waals surface area contributed by atoms with Crippen molar-refractivity contribution in [3.05, 3.63) is 0 Å². The van der Waals surface area contributed by atoms with E-state index >= 15 is 0 Å². The second-order valence-electron chi connectivity index (χ2n) is 7.53. The Morgan fingerprint density at radius 1 is 0.720 bits per heavy atom. The third-order valence-corrected chi connectivity index (χ3v) is 4.75. The minimum atomic E-state index is -0.472. The molecule has 0 saturated carbocycles. The Bertz CT molecular complexity index is 350. The van der Waals surface area contributed by atoms with Crippen molar-refractivity contribution in [3.8, 4) is 0 Å². The minimum absolute atomic E-state index is 0.145. The van der Waals surface area contributed by atoms with E-state index in [1.54, 1.807) is 0 Å². The molecule has 0 spiro atoms. The maximum absolute atomic E-state index is 11.7. The minimum Gasteiger partial charge on any atom is -0.462 e. The van der Waals surface area contributed by atoms with Crippen LogP contribution in [-0.2, 0) is 19.1 Å². The molecule has 0 radical (unpaired) electrons. The number of hydrogen-bond donors (Lipinski definition) is 0. The lowest BCUT2D eigenvalue weighted by Gasteiger charge is -2.20. The number of esters is 2. The highest BCUT2D eigenvalue weighted by Crippen LogP contribution is 2.21. The van der Waals surface area contributed by atoms with Crippen LogP contribution in [0.4, 0.5) is 0 Å². The summed E-state index contributed by atoms with van der Waals surface area (Å²) in [5.41, 5.74) is -0.472. The topological polar surface area (TPSA) is 52.6 Å². The van der Waals surface area contributed by atoms with Crippen LogP contribution in [0.25, 0.3) is 0 Å². The van der Waals surface area contributed by atoms with Crippen LogP contribution in [0.5, 0.6) is 0 Å². The summed E-state index contributed by atoms with van der Waals surface area (Å²) in [7, 11) is 0. The van der Waals surface area contributed by atoms with Crippen LogP contribution in [0.15, 0.2) is 0 Å². The van der Waals surface area contributed by atoms with E-state index in [1.807, 2.05) is 20.8 Å². The Hall–Kier alpha value is -1.06. The molecule has 4 nitrogen and oxygen atoms in total. The molecule has 25 heavy (non-hydrogen) atoms. The van der Waals surface area contributed by atoms with E-state index in [0.717, 1.165) is 19.3 Å². The highest BCUT2D eigenvalue weighted by Gasteiger charge is 2.26. The van der Waals surface area contributed by atoms with E-state index in [0.29, 0.717) is 6.42 Å². The molecule has 0 aliphatic rings. The molecule has 148 valence electrons. The van der Waals surface area contributed by atoms with Crippen molar-refractivity contribution in [2.24, 2.45) is 5.41 Å². The summed E-state index contributed by atoms with van der Waals surface area (Å²) in [5.74, 6) is -0.425. The summed E-state index contributed by atoms with van der Waals surface area (Å²) in [5, 5.41) is 0. The van der Waals surface area contributed by atoms with Gasteiger partial charge in [-0.2, -0.15) is 0 Å². The fourth-order valence-corrected chi connectivity index (χ4v) is 2.46. The monoisotopic (exact) mass is 356 g/mol. The van der Waals surface area contributed by atoms with Gasteiger partial charge in [0.1, 0.15) is 13.2 Å². The van der Waals surface area contributed by atoms with Gasteiger partial charge in [0.2, 0.25) is 0 Å². The lowest BCUT2D eigenvalue weighted by atomic mass is 9.91. The average Bonchev–Trinajstić information content (AvgIpc) is 2.60. The molecule has 0 aromatic rings. The van der Waals surface area contributed by atoms with Gasteiger partial charge in [0, 0.05) is 6.42 Å². The predicted octanol–water partition coefficient (Wildman–Crippen LogP) is 5.82. The van der Waals surface area contributed by atoms with Crippen LogP contribution in [0.3, 0.4) is 0 Å². The second kappa shape index (κ2) is 15.2. The van der Waals surface area contributed by atoms with Gasteiger partial charge in [-0.05, 0) is 26.7 Å². The summed E-state index contributed by atoms with van der Waals surface area (Å²) in [4.78, 5) is 23.4. The van der Waals surface area contributed by atoms with E-state index < -0.39 is 5.41 Å². The molecule has 0 saturated heterocycles. The Morgan fingerprint density at radius 3 is 1.72 bits per heavy atom. The molecule has 0 heterocycles. The van der Waals surface area contributed by atoms with Gasteiger partial charge in [-0.15, -0.1) is 0 Å². The van der Waals surface area contributed by atoms with Crippen LogP contribution in [-0.4, -0.2) is 25.2 Å². The van der Waals surface area contributed by atoms with E-state index in [1.165, 1.54) is 51.4 Å². The van der Waals surface area contributed by atoms with Gasteiger partial charge < -0.3 is 9.47 Å². The predicted molar refractivity (Wildman–Crippen MR) is 102 cm³/mol. The molecule has 0 amide bonds. The SMILES string of the molecule is CCCCCCCCCCCCC(=O)OCCOC(=O)C(C)(C)CC. The second-order valence-corrected chi connectivity index (χ2v) is 7.53. The smallest absolute Gasteiger partial charge is 0.311 e. The van der Waals surface area contributed by atoms with E-state index in [4.69, 9.17) is 9.47 Å². The maximum atomic E-state index is 11.7. The average molecular weight is 357 g/mol. The van der Waals surface area contributed by atoms with Crippen LogP contribution in [0.2, 0.25) is 0 Å². The zero-order valence-electron chi connectivity index (χ0n) is 17.0. The van der Waals surface area contributed by atoms with Crippen molar-refractivity contribution in [1.82, 2.24) is 0 Å². The molecular weight excluding hydrogens is 316 g/mol. The molecule has 0 aliphatic carbocycles. The lowest BCUT2D eigenvalue weighted by molar-refractivity contribution is -0.159. The van der Waals surface area contributed by atoms with E-state index in [2.05, 4.69) is 6.92 Å². The highest BCUT2D eigenvalue weighted by molar-refractivity contribution is 5.75. The van der Waals surface area contributed by atoms with Gasteiger partial charge in [-0.3, -0.25) is 9.59 Å². The van der Waals surface area contributed by atoms with Gasteiger partial charge in [0.05, 0.1) is 5.41 Å². The van der Waals surface area contributed by atoms with Crippen molar-refractivity contribution in [1.29, 1.82) is 0 Å². The van der Waals surface area contributed by atoms with Gasteiger partial charge in [0.25, 0.3) is 0 Å².